The lowest BCUT2D eigenvalue weighted by molar-refractivity contribution is -0.135. The highest BCUT2D eigenvalue weighted by Crippen LogP contribution is 2.25. The molecule has 1 saturated heterocycles. The molecule has 2 fully saturated rings. The third-order valence-electron chi connectivity index (χ3n) is 5.88. The molecule has 3 unspecified atom stereocenters. The number of carbonyl (C=O) groups is 2. The molecule has 5 nitrogen and oxygen atoms in total. The third kappa shape index (κ3) is 4.85. The lowest BCUT2D eigenvalue weighted by atomic mass is 9.84. The predicted octanol–water partition coefficient (Wildman–Crippen LogP) is 2.10. The molecule has 3 atom stereocenters. The molecule has 0 radical (unpaired) electrons. The van der Waals surface area contributed by atoms with E-state index >= 15 is 0 Å². The largest absolute Gasteiger partial charge is 0.353 e. The first-order valence-corrected chi connectivity index (χ1v) is 9.99. The molecule has 1 aliphatic carbocycles. The molecule has 2 amide bonds. The Morgan fingerprint density at radius 1 is 1.08 bits per heavy atom. The lowest BCUT2D eigenvalue weighted by Gasteiger charge is -2.35. The van der Waals surface area contributed by atoms with E-state index in [1.54, 1.807) is 0 Å². The molecule has 3 N–H and O–H groups in total. The van der Waals surface area contributed by atoms with Crippen LogP contribution in [0.4, 0.5) is 0 Å². The molecule has 3 rings (SSSR count). The van der Waals surface area contributed by atoms with E-state index in [0.29, 0.717) is 25.4 Å². The van der Waals surface area contributed by atoms with E-state index in [1.165, 1.54) is 6.42 Å². The van der Waals surface area contributed by atoms with Crippen LogP contribution in [0.5, 0.6) is 0 Å². The van der Waals surface area contributed by atoms with Gasteiger partial charge in [-0.3, -0.25) is 9.59 Å². The van der Waals surface area contributed by atoms with Gasteiger partial charge in [-0.15, -0.1) is 0 Å². The lowest BCUT2D eigenvalue weighted by Crippen LogP contribution is -2.50. The zero-order chi connectivity index (χ0) is 18.4. The van der Waals surface area contributed by atoms with Crippen molar-refractivity contribution >= 4 is 11.8 Å². The van der Waals surface area contributed by atoms with Gasteiger partial charge >= 0.3 is 0 Å². The monoisotopic (exact) mass is 357 g/mol. The summed E-state index contributed by atoms with van der Waals surface area (Å²) in [4.78, 5) is 27.2. The van der Waals surface area contributed by atoms with Crippen LogP contribution in [-0.2, 0) is 16.0 Å². The van der Waals surface area contributed by atoms with Gasteiger partial charge in [0.15, 0.2) is 0 Å². The molecule has 5 heteroatoms. The molecule has 1 aromatic carbocycles. The van der Waals surface area contributed by atoms with Gasteiger partial charge in [-0.2, -0.15) is 0 Å². The topological polar surface area (TPSA) is 75.4 Å². The number of amides is 2. The minimum absolute atomic E-state index is 0.0937. The summed E-state index contributed by atoms with van der Waals surface area (Å²) in [7, 11) is 0. The van der Waals surface area contributed by atoms with Crippen LogP contribution < -0.4 is 11.1 Å². The van der Waals surface area contributed by atoms with Gasteiger partial charge < -0.3 is 16.0 Å². The number of benzene rings is 1. The number of carbonyl (C=O) groups excluding carboxylic acids is 2. The Kier molecular flexibility index (Phi) is 6.67. The molecule has 2 aliphatic rings. The van der Waals surface area contributed by atoms with E-state index in [9.17, 15) is 9.59 Å². The number of nitrogens with two attached hydrogens (primary N) is 1. The smallest absolute Gasteiger partial charge is 0.227 e. The Labute approximate surface area is 156 Å². The van der Waals surface area contributed by atoms with E-state index in [4.69, 9.17) is 5.73 Å². The van der Waals surface area contributed by atoms with Crippen molar-refractivity contribution in [1.82, 2.24) is 10.2 Å². The summed E-state index contributed by atoms with van der Waals surface area (Å²) in [6.07, 6.45) is 6.66. The molecule has 1 aromatic rings. The molecular weight excluding hydrogens is 326 g/mol. The number of nitrogens with one attached hydrogen (secondary N) is 1. The normalized spacial score (nSPS) is 26.3. The Balaban J connectivity index is 1.54. The fourth-order valence-electron chi connectivity index (χ4n) is 4.28. The summed E-state index contributed by atoms with van der Waals surface area (Å²) in [5, 5.41) is 3.24. The minimum atomic E-state index is -0.0937. The van der Waals surface area contributed by atoms with Crippen LogP contribution in [0, 0.1) is 11.8 Å². The van der Waals surface area contributed by atoms with E-state index in [1.807, 2.05) is 35.2 Å². The zero-order valence-electron chi connectivity index (χ0n) is 15.5. The molecule has 0 spiro atoms. The Hall–Kier alpha value is -1.88. The Morgan fingerprint density at radius 3 is 2.62 bits per heavy atom. The second-order valence-electron chi connectivity index (χ2n) is 7.74. The third-order valence-corrected chi connectivity index (χ3v) is 5.88. The molecule has 1 aliphatic heterocycles. The van der Waals surface area contributed by atoms with Crippen LogP contribution in [0.1, 0.15) is 44.1 Å². The first kappa shape index (κ1) is 18.9. The van der Waals surface area contributed by atoms with Gasteiger partial charge in [0.1, 0.15) is 0 Å². The van der Waals surface area contributed by atoms with Crippen molar-refractivity contribution in [2.75, 3.05) is 19.6 Å². The number of nitrogens with zero attached hydrogens (tertiary/aromatic N) is 1. The van der Waals surface area contributed by atoms with Crippen molar-refractivity contribution in [3.63, 3.8) is 0 Å². The van der Waals surface area contributed by atoms with Gasteiger partial charge in [-0.25, -0.2) is 0 Å². The maximum atomic E-state index is 12.8. The molecule has 1 heterocycles. The number of hydrogen-bond donors (Lipinski definition) is 2. The van der Waals surface area contributed by atoms with E-state index in [0.717, 1.165) is 44.2 Å². The Morgan fingerprint density at radius 2 is 1.85 bits per heavy atom. The molecule has 1 saturated carbocycles. The van der Waals surface area contributed by atoms with E-state index in [-0.39, 0.29) is 23.8 Å². The van der Waals surface area contributed by atoms with Crippen LogP contribution in [0.2, 0.25) is 0 Å². The molecule has 0 bridgehead atoms. The first-order valence-electron chi connectivity index (χ1n) is 9.99. The highest BCUT2D eigenvalue weighted by molar-refractivity contribution is 5.82. The standard InChI is InChI=1S/C21H31N3O2/c22-14-17-9-4-5-11-19(17)23-21(26)18-10-6-12-24(15-18)20(25)13-16-7-2-1-3-8-16/h1-3,7-8,17-19H,4-6,9-15,22H2,(H,23,26). The Bertz CT molecular complexity index is 605. The minimum Gasteiger partial charge on any atom is -0.353 e. The average Bonchev–Trinajstić information content (AvgIpc) is 2.69. The van der Waals surface area contributed by atoms with Crippen LogP contribution in [-0.4, -0.2) is 42.4 Å². The summed E-state index contributed by atoms with van der Waals surface area (Å²) < 4.78 is 0. The molecular formula is C21H31N3O2. The maximum Gasteiger partial charge on any atom is 0.227 e. The highest BCUT2D eigenvalue weighted by atomic mass is 16.2. The number of piperidine rings is 1. The van der Waals surface area contributed by atoms with Crippen molar-refractivity contribution in [1.29, 1.82) is 0 Å². The first-order chi connectivity index (χ1) is 12.7. The summed E-state index contributed by atoms with van der Waals surface area (Å²) in [6.45, 7) is 1.93. The summed E-state index contributed by atoms with van der Waals surface area (Å²) in [5.74, 6) is 0.523. The van der Waals surface area contributed by atoms with Gasteiger partial charge in [0.25, 0.3) is 0 Å². The van der Waals surface area contributed by atoms with Crippen molar-refractivity contribution < 1.29 is 9.59 Å². The van der Waals surface area contributed by atoms with Gasteiger partial charge in [-0.1, -0.05) is 43.2 Å². The quantitative estimate of drug-likeness (QED) is 0.847. The van der Waals surface area contributed by atoms with Crippen LogP contribution in [0.3, 0.4) is 0 Å². The zero-order valence-corrected chi connectivity index (χ0v) is 15.5. The second kappa shape index (κ2) is 9.17. The van der Waals surface area contributed by atoms with Gasteiger partial charge in [0.2, 0.25) is 11.8 Å². The van der Waals surface area contributed by atoms with Gasteiger partial charge in [0.05, 0.1) is 12.3 Å². The van der Waals surface area contributed by atoms with Crippen molar-refractivity contribution in [2.45, 2.75) is 51.0 Å². The van der Waals surface area contributed by atoms with E-state index < -0.39 is 0 Å². The second-order valence-corrected chi connectivity index (χ2v) is 7.74. The SMILES string of the molecule is NCC1CCCCC1NC(=O)C1CCCN(C(=O)Cc2ccccc2)C1. The summed E-state index contributed by atoms with van der Waals surface area (Å²) >= 11 is 0. The fourth-order valence-corrected chi connectivity index (χ4v) is 4.28. The van der Waals surface area contributed by atoms with Crippen LogP contribution in [0.25, 0.3) is 0 Å². The predicted molar refractivity (Wildman–Crippen MR) is 102 cm³/mol. The number of likely N-dealkylation sites (tertiary alicyclic amines) is 1. The van der Waals surface area contributed by atoms with Crippen LogP contribution >= 0.6 is 0 Å². The van der Waals surface area contributed by atoms with Gasteiger partial charge in [-0.05, 0) is 43.7 Å². The van der Waals surface area contributed by atoms with Crippen molar-refractivity contribution in [3.05, 3.63) is 35.9 Å². The number of hydrogen-bond acceptors (Lipinski definition) is 3. The fraction of sp³-hybridized carbons (Fsp3) is 0.619. The van der Waals surface area contributed by atoms with Crippen molar-refractivity contribution in [2.24, 2.45) is 17.6 Å². The number of rotatable bonds is 5. The van der Waals surface area contributed by atoms with E-state index in [2.05, 4.69) is 5.32 Å². The maximum absolute atomic E-state index is 12.8. The van der Waals surface area contributed by atoms with Crippen LogP contribution in [0.15, 0.2) is 30.3 Å². The van der Waals surface area contributed by atoms with Crippen molar-refractivity contribution in [3.8, 4) is 0 Å². The summed E-state index contributed by atoms with van der Waals surface area (Å²) in [5.41, 5.74) is 6.90. The molecule has 26 heavy (non-hydrogen) atoms. The average molecular weight is 357 g/mol. The van der Waals surface area contributed by atoms with Gasteiger partial charge in [0, 0.05) is 19.1 Å². The highest BCUT2D eigenvalue weighted by Gasteiger charge is 2.31. The molecule has 0 aromatic heterocycles. The molecule has 142 valence electrons. The summed E-state index contributed by atoms with van der Waals surface area (Å²) in [6, 6.07) is 10.0.